The van der Waals surface area contributed by atoms with Crippen molar-refractivity contribution >= 4 is 40.7 Å². The maximum absolute atomic E-state index is 11.8. The molecule has 1 amide bonds. The Kier molecular flexibility index (Phi) is 7.02. The summed E-state index contributed by atoms with van der Waals surface area (Å²) >= 11 is 16.5. The lowest BCUT2D eigenvalue weighted by Crippen LogP contribution is -2.39. The van der Waals surface area contributed by atoms with Crippen LogP contribution in [0.3, 0.4) is 0 Å². The second-order valence-electron chi connectivity index (χ2n) is 4.07. The molecule has 4 N–H and O–H groups in total. The first-order valence-corrected chi connectivity index (χ1v) is 6.99. The lowest BCUT2D eigenvalue weighted by molar-refractivity contribution is 0.0918. The van der Waals surface area contributed by atoms with Gasteiger partial charge in [-0.15, -0.1) is 0 Å². The maximum Gasteiger partial charge on any atom is 0.251 e. The molecule has 112 valence electrons. The molecule has 0 aromatic heterocycles. The van der Waals surface area contributed by atoms with E-state index < -0.39 is 9.90 Å². The number of hydrogen-bond donors (Lipinski definition) is 4. The van der Waals surface area contributed by atoms with Crippen LogP contribution in [0.5, 0.6) is 0 Å². The molecule has 0 spiro atoms. The predicted octanol–water partition coefficient (Wildman–Crippen LogP) is 1.37. The number of alkyl halides is 3. The van der Waals surface area contributed by atoms with Crippen LogP contribution in [0.1, 0.15) is 15.9 Å². The fourth-order valence-corrected chi connectivity index (χ4v) is 1.60. The van der Waals surface area contributed by atoms with Crippen LogP contribution >= 0.6 is 34.8 Å². The van der Waals surface area contributed by atoms with E-state index >= 15 is 0 Å². The van der Waals surface area contributed by atoms with Crippen molar-refractivity contribution in [2.75, 3.05) is 13.6 Å². The van der Waals surface area contributed by atoms with Gasteiger partial charge in [0.1, 0.15) is 6.10 Å². The van der Waals surface area contributed by atoms with Crippen molar-refractivity contribution in [3.8, 4) is 0 Å². The van der Waals surface area contributed by atoms with E-state index in [2.05, 4.69) is 16.2 Å². The first kappa shape index (κ1) is 17.5. The number of halogens is 3. The van der Waals surface area contributed by atoms with E-state index in [1.54, 1.807) is 19.2 Å². The molecule has 20 heavy (non-hydrogen) atoms. The quantitative estimate of drug-likeness (QED) is 0.466. The van der Waals surface area contributed by atoms with Crippen LogP contribution in [0.2, 0.25) is 0 Å². The van der Waals surface area contributed by atoms with Crippen LogP contribution in [0.25, 0.3) is 0 Å². The molecule has 5 nitrogen and oxygen atoms in total. The van der Waals surface area contributed by atoms with Gasteiger partial charge in [0.05, 0.1) is 0 Å². The molecule has 0 aliphatic rings. The molecule has 1 atom stereocenters. The van der Waals surface area contributed by atoms with Crippen molar-refractivity contribution in [1.29, 1.82) is 0 Å². The van der Waals surface area contributed by atoms with Crippen LogP contribution in [0.4, 0.5) is 0 Å². The standard InChI is InChI=1S/C12H16Cl3N3O2/c1-16-18-6-8-2-4-9(5-3-8)11(20)17-7-10(19)12(13,14)15/h2-5,10,16,18-19H,6-7H2,1H3,(H,17,20). The fourth-order valence-electron chi connectivity index (χ4n) is 1.37. The molecule has 0 radical (unpaired) electrons. The molecular formula is C12H16Cl3N3O2. The first-order chi connectivity index (χ1) is 9.34. The summed E-state index contributed by atoms with van der Waals surface area (Å²) in [5.74, 6) is -0.341. The normalized spacial score (nSPS) is 13.1. The highest BCUT2D eigenvalue weighted by atomic mass is 35.6. The molecule has 0 saturated carbocycles. The summed E-state index contributed by atoms with van der Waals surface area (Å²) in [5, 5.41) is 12.0. The zero-order valence-electron chi connectivity index (χ0n) is 10.8. The third kappa shape index (κ3) is 5.83. The minimum absolute atomic E-state index is 0.140. The summed E-state index contributed by atoms with van der Waals surface area (Å²) in [6, 6.07) is 7.02. The number of carbonyl (C=O) groups is 1. The monoisotopic (exact) mass is 339 g/mol. The molecule has 0 aliphatic heterocycles. The number of benzene rings is 1. The Morgan fingerprint density at radius 1 is 1.30 bits per heavy atom. The summed E-state index contributed by atoms with van der Waals surface area (Å²) in [4.78, 5) is 11.8. The molecule has 0 fully saturated rings. The lowest BCUT2D eigenvalue weighted by atomic mass is 10.1. The van der Waals surface area contributed by atoms with Gasteiger partial charge in [0, 0.05) is 18.7 Å². The van der Waals surface area contributed by atoms with Crippen molar-refractivity contribution in [2.24, 2.45) is 0 Å². The minimum atomic E-state index is -1.82. The van der Waals surface area contributed by atoms with Crippen LogP contribution < -0.4 is 16.2 Å². The number of nitrogens with one attached hydrogen (secondary N) is 3. The Morgan fingerprint density at radius 2 is 1.90 bits per heavy atom. The summed E-state index contributed by atoms with van der Waals surface area (Å²) in [5.41, 5.74) is 7.24. The van der Waals surface area contributed by atoms with Crippen LogP contribution in [-0.2, 0) is 6.54 Å². The van der Waals surface area contributed by atoms with Crippen LogP contribution in [0, 0.1) is 0 Å². The highest BCUT2D eigenvalue weighted by Crippen LogP contribution is 2.29. The fraction of sp³-hybridized carbons (Fsp3) is 0.417. The molecule has 1 unspecified atom stereocenters. The van der Waals surface area contributed by atoms with Gasteiger partial charge in [-0.2, -0.15) is 0 Å². The zero-order valence-corrected chi connectivity index (χ0v) is 13.1. The van der Waals surface area contributed by atoms with Gasteiger partial charge < -0.3 is 10.4 Å². The van der Waals surface area contributed by atoms with Gasteiger partial charge in [0.15, 0.2) is 0 Å². The van der Waals surface area contributed by atoms with Gasteiger partial charge in [-0.05, 0) is 24.7 Å². The van der Waals surface area contributed by atoms with Gasteiger partial charge in [-0.1, -0.05) is 46.9 Å². The minimum Gasteiger partial charge on any atom is -0.387 e. The number of aliphatic hydroxyl groups is 1. The number of carbonyl (C=O) groups excluding carboxylic acids is 1. The van der Waals surface area contributed by atoms with Gasteiger partial charge >= 0.3 is 0 Å². The van der Waals surface area contributed by atoms with E-state index in [4.69, 9.17) is 34.8 Å². The molecule has 8 heteroatoms. The van der Waals surface area contributed by atoms with E-state index in [-0.39, 0.29) is 12.5 Å². The van der Waals surface area contributed by atoms with E-state index in [9.17, 15) is 9.90 Å². The highest BCUT2D eigenvalue weighted by Gasteiger charge is 2.30. The van der Waals surface area contributed by atoms with Crippen LogP contribution in [0.15, 0.2) is 24.3 Å². The van der Waals surface area contributed by atoms with Crippen molar-refractivity contribution < 1.29 is 9.90 Å². The Hall–Kier alpha value is -0.560. The smallest absolute Gasteiger partial charge is 0.251 e. The van der Waals surface area contributed by atoms with Crippen molar-refractivity contribution in [2.45, 2.75) is 16.4 Å². The molecule has 0 bridgehead atoms. The van der Waals surface area contributed by atoms with Gasteiger partial charge in [0.2, 0.25) is 3.79 Å². The average molecular weight is 341 g/mol. The van der Waals surface area contributed by atoms with Crippen LogP contribution in [-0.4, -0.2) is 34.5 Å². The largest absolute Gasteiger partial charge is 0.387 e. The molecule has 0 aliphatic carbocycles. The molecule has 0 saturated heterocycles. The summed E-state index contributed by atoms with van der Waals surface area (Å²) in [6.45, 7) is 0.503. The number of hydrazine groups is 1. The maximum atomic E-state index is 11.8. The number of aliphatic hydroxyl groups excluding tert-OH is 1. The second kappa shape index (κ2) is 8.02. The summed E-state index contributed by atoms with van der Waals surface area (Å²) < 4.78 is -1.82. The topological polar surface area (TPSA) is 73.4 Å². The first-order valence-electron chi connectivity index (χ1n) is 5.86. The average Bonchev–Trinajstić information content (AvgIpc) is 2.41. The van der Waals surface area contributed by atoms with E-state index in [1.165, 1.54) is 0 Å². The Balaban J connectivity index is 2.51. The van der Waals surface area contributed by atoms with E-state index in [0.717, 1.165) is 5.56 Å². The Labute approximate surface area is 132 Å². The lowest BCUT2D eigenvalue weighted by Gasteiger charge is -2.19. The highest BCUT2D eigenvalue weighted by molar-refractivity contribution is 6.68. The van der Waals surface area contributed by atoms with E-state index in [0.29, 0.717) is 12.1 Å². The third-order valence-corrected chi connectivity index (χ3v) is 3.27. The molecule has 1 aromatic carbocycles. The summed E-state index contributed by atoms with van der Waals surface area (Å²) in [6.07, 6.45) is -1.27. The number of hydrogen-bond acceptors (Lipinski definition) is 4. The molecule has 1 rings (SSSR count). The van der Waals surface area contributed by atoms with Gasteiger partial charge in [0.25, 0.3) is 5.91 Å². The molecular weight excluding hydrogens is 325 g/mol. The van der Waals surface area contributed by atoms with Gasteiger partial charge in [-0.3, -0.25) is 15.6 Å². The van der Waals surface area contributed by atoms with E-state index in [1.807, 2.05) is 12.1 Å². The zero-order chi connectivity index (χ0) is 15.2. The second-order valence-corrected chi connectivity index (χ2v) is 6.44. The Bertz CT molecular complexity index is 435. The van der Waals surface area contributed by atoms with Crippen molar-refractivity contribution in [3.05, 3.63) is 35.4 Å². The number of amides is 1. The summed E-state index contributed by atoms with van der Waals surface area (Å²) in [7, 11) is 1.78. The molecule has 0 heterocycles. The van der Waals surface area contributed by atoms with Gasteiger partial charge in [-0.25, -0.2) is 0 Å². The predicted molar refractivity (Wildman–Crippen MR) is 81.0 cm³/mol. The molecule has 1 aromatic rings. The third-order valence-electron chi connectivity index (χ3n) is 2.52. The Morgan fingerprint density at radius 3 is 2.40 bits per heavy atom. The van der Waals surface area contributed by atoms with Crippen molar-refractivity contribution in [3.63, 3.8) is 0 Å². The number of rotatable bonds is 6. The van der Waals surface area contributed by atoms with Crippen molar-refractivity contribution in [1.82, 2.24) is 16.2 Å². The SMILES string of the molecule is CNNCc1ccc(C(=O)NCC(O)C(Cl)(Cl)Cl)cc1.